The van der Waals surface area contributed by atoms with Crippen molar-refractivity contribution in [3.8, 4) is 5.75 Å². The normalized spacial score (nSPS) is 27.8. The van der Waals surface area contributed by atoms with Gasteiger partial charge in [-0.05, 0) is 87.8 Å². The minimum atomic E-state index is -0.604. The van der Waals surface area contributed by atoms with E-state index in [-0.39, 0.29) is 24.0 Å². The molecule has 2 heterocycles. The lowest BCUT2D eigenvalue weighted by atomic mass is 9.80. The number of carbonyl (C=O) groups excluding carboxylic acids is 1. The maximum atomic E-state index is 14.2. The first-order valence-corrected chi connectivity index (χ1v) is 13.6. The van der Waals surface area contributed by atoms with Gasteiger partial charge >= 0.3 is 6.03 Å². The zero-order chi connectivity index (χ0) is 26.3. The standard InChI is InChI=1S/C30H39FN4O2/c1-19(2)26-16-27(26)32-28-30(35(29(36)33-28)24-10-7-9-23(31)15-24)12-13-34(21(5)17-30)18-22-8-6-11-25(14-22)37-20(3)4/h6-11,14-15,19-21,26-27H,12-13,16-18H2,1-5H3,(H,32,33,36). The highest BCUT2D eigenvalue weighted by atomic mass is 19.1. The number of likely N-dealkylation sites (tertiary alicyclic amines) is 1. The average Bonchev–Trinajstić information content (AvgIpc) is 3.55. The second kappa shape index (κ2) is 10.1. The Morgan fingerprint density at radius 1 is 1.16 bits per heavy atom. The lowest BCUT2D eigenvalue weighted by Crippen LogP contribution is -2.63. The fourth-order valence-corrected chi connectivity index (χ4v) is 6.12. The van der Waals surface area contributed by atoms with Gasteiger partial charge in [-0.1, -0.05) is 32.0 Å². The highest BCUT2D eigenvalue weighted by Gasteiger charge is 2.55. The summed E-state index contributed by atoms with van der Waals surface area (Å²) in [6.45, 7) is 12.4. The van der Waals surface area contributed by atoms with Crippen LogP contribution in [0.25, 0.3) is 0 Å². The van der Waals surface area contributed by atoms with Gasteiger partial charge in [0.1, 0.15) is 22.9 Å². The van der Waals surface area contributed by atoms with E-state index in [1.165, 1.54) is 17.7 Å². The van der Waals surface area contributed by atoms with Crippen molar-refractivity contribution < 1.29 is 13.9 Å². The third-order valence-electron chi connectivity index (χ3n) is 8.08. The first-order chi connectivity index (χ1) is 17.7. The predicted octanol–water partition coefficient (Wildman–Crippen LogP) is 6.01. The van der Waals surface area contributed by atoms with E-state index in [2.05, 4.69) is 48.1 Å². The number of ether oxygens (including phenoxy) is 1. The highest BCUT2D eigenvalue weighted by Crippen LogP contribution is 2.43. The Kier molecular flexibility index (Phi) is 7.01. The largest absolute Gasteiger partial charge is 0.491 e. The Hall–Kier alpha value is -2.93. The van der Waals surface area contributed by atoms with Gasteiger partial charge in [-0.2, -0.15) is 4.99 Å². The number of amides is 2. The Morgan fingerprint density at radius 2 is 1.95 bits per heavy atom. The number of piperidine rings is 1. The highest BCUT2D eigenvalue weighted by molar-refractivity contribution is 6.16. The number of hydrogen-bond donors (Lipinski definition) is 1. The molecule has 0 aromatic heterocycles. The van der Waals surface area contributed by atoms with Crippen LogP contribution in [0.5, 0.6) is 5.75 Å². The maximum absolute atomic E-state index is 14.2. The number of anilines is 1. The summed E-state index contributed by atoms with van der Waals surface area (Å²) in [7, 11) is 0. The lowest BCUT2D eigenvalue weighted by Gasteiger charge is -2.48. The number of urea groups is 1. The third kappa shape index (κ3) is 5.24. The molecule has 1 spiro atoms. The van der Waals surface area contributed by atoms with Gasteiger partial charge in [0.15, 0.2) is 0 Å². The van der Waals surface area contributed by atoms with Crippen molar-refractivity contribution >= 4 is 17.6 Å². The van der Waals surface area contributed by atoms with Crippen LogP contribution in [-0.2, 0) is 6.54 Å². The van der Waals surface area contributed by atoms with Gasteiger partial charge in [0.2, 0.25) is 0 Å². The monoisotopic (exact) mass is 506 g/mol. The predicted molar refractivity (Wildman–Crippen MR) is 146 cm³/mol. The number of carbonyl (C=O) groups is 1. The molecule has 0 radical (unpaired) electrons. The molecular formula is C30H39FN4O2. The summed E-state index contributed by atoms with van der Waals surface area (Å²) in [6.07, 6.45) is 2.68. The van der Waals surface area contributed by atoms with Gasteiger partial charge in [-0.25, -0.2) is 9.18 Å². The molecule has 1 aliphatic carbocycles. The zero-order valence-corrected chi connectivity index (χ0v) is 22.6. The van der Waals surface area contributed by atoms with Crippen LogP contribution in [0.1, 0.15) is 59.4 Å². The van der Waals surface area contributed by atoms with E-state index in [0.717, 1.165) is 43.9 Å². The van der Waals surface area contributed by atoms with Gasteiger partial charge in [0, 0.05) is 30.9 Å². The third-order valence-corrected chi connectivity index (χ3v) is 8.08. The van der Waals surface area contributed by atoms with Crippen molar-refractivity contribution in [3.05, 3.63) is 59.9 Å². The van der Waals surface area contributed by atoms with Gasteiger partial charge in [-0.15, -0.1) is 0 Å². The molecule has 2 amide bonds. The summed E-state index contributed by atoms with van der Waals surface area (Å²) in [5, 5.41) is 3.66. The molecule has 2 fully saturated rings. The van der Waals surface area contributed by atoms with Crippen LogP contribution in [0, 0.1) is 17.7 Å². The molecule has 4 unspecified atom stereocenters. The summed E-state index contributed by atoms with van der Waals surface area (Å²) in [5.74, 6) is 2.47. The summed E-state index contributed by atoms with van der Waals surface area (Å²) < 4.78 is 20.1. The number of aliphatic imine (C=N–C) groups is 1. The molecule has 1 saturated heterocycles. The van der Waals surface area contributed by atoms with Crippen LogP contribution in [0.2, 0.25) is 0 Å². The van der Waals surface area contributed by atoms with E-state index in [9.17, 15) is 9.18 Å². The average molecular weight is 507 g/mol. The topological polar surface area (TPSA) is 57.2 Å². The van der Waals surface area contributed by atoms with E-state index < -0.39 is 5.54 Å². The minimum absolute atomic E-state index is 0.129. The van der Waals surface area contributed by atoms with Gasteiger partial charge in [0.05, 0.1) is 6.10 Å². The van der Waals surface area contributed by atoms with Gasteiger partial charge < -0.3 is 10.1 Å². The molecule has 2 aromatic rings. The SMILES string of the molecule is CC(C)Oc1cccc(CN2CCC3(CC2C)C(NC2CC2C(C)C)=NC(=O)N3c2cccc(F)c2)c1. The number of benzene rings is 2. The van der Waals surface area contributed by atoms with E-state index in [1.54, 1.807) is 11.0 Å². The molecule has 0 bridgehead atoms. The summed E-state index contributed by atoms with van der Waals surface area (Å²) in [5.41, 5.74) is 1.17. The first kappa shape index (κ1) is 25.7. The van der Waals surface area contributed by atoms with Crippen molar-refractivity contribution in [1.29, 1.82) is 0 Å². The Bertz CT molecular complexity index is 1180. The molecule has 2 aliphatic heterocycles. The number of hydrogen-bond acceptors (Lipinski definition) is 4. The number of rotatable bonds is 7. The van der Waals surface area contributed by atoms with Crippen LogP contribution in [0.15, 0.2) is 53.5 Å². The summed E-state index contributed by atoms with van der Waals surface area (Å²) >= 11 is 0. The lowest BCUT2D eigenvalue weighted by molar-refractivity contribution is 0.122. The molecule has 7 heteroatoms. The van der Waals surface area contributed by atoms with Gasteiger partial charge in [-0.3, -0.25) is 9.80 Å². The molecule has 2 aromatic carbocycles. The van der Waals surface area contributed by atoms with Crippen molar-refractivity contribution in [2.24, 2.45) is 16.8 Å². The fraction of sp³-hybridized carbons (Fsp3) is 0.533. The fourth-order valence-electron chi connectivity index (χ4n) is 6.12. The zero-order valence-electron chi connectivity index (χ0n) is 22.6. The van der Waals surface area contributed by atoms with E-state index in [0.29, 0.717) is 23.6 Å². The first-order valence-electron chi connectivity index (χ1n) is 13.6. The number of amidine groups is 1. The Morgan fingerprint density at radius 3 is 2.62 bits per heavy atom. The summed E-state index contributed by atoms with van der Waals surface area (Å²) in [4.78, 5) is 22.1. The van der Waals surface area contributed by atoms with Crippen LogP contribution in [0.4, 0.5) is 14.9 Å². The van der Waals surface area contributed by atoms with Crippen molar-refractivity contribution in [1.82, 2.24) is 10.2 Å². The molecule has 1 N–H and O–H groups in total. The molecule has 198 valence electrons. The van der Waals surface area contributed by atoms with Crippen molar-refractivity contribution in [2.45, 2.75) is 84.2 Å². The van der Waals surface area contributed by atoms with Crippen LogP contribution >= 0.6 is 0 Å². The molecular weight excluding hydrogens is 467 g/mol. The van der Waals surface area contributed by atoms with Crippen LogP contribution < -0.4 is 15.0 Å². The van der Waals surface area contributed by atoms with Crippen molar-refractivity contribution in [3.63, 3.8) is 0 Å². The Balaban J connectivity index is 1.39. The van der Waals surface area contributed by atoms with Crippen molar-refractivity contribution in [2.75, 3.05) is 11.4 Å². The van der Waals surface area contributed by atoms with Crippen LogP contribution in [0.3, 0.4) is 0 Å². The van der Waals surface area contributed by atoms with E-state index >= 15 is 0 Å². The van der Waals surface area contributed by atoms with E-state index in [4.69, 9.17) is 4.74 Å². The summed E-state index contributed by atoms with van der Waals surface area (Å²) in [6, 6.07) is 14.8. The minimum Gasteiger partial charge on any atom is -0.491 e. The molecule has 6 nitrogen and oxygen atoms in total. The quantitative estimate of drug-likeness (QED) is 0.500. The van der Waals surface area contributed by atoms with Crippen LogP contribution in [-0.4, -0.2) is 47.0 Å². The molecule has 4 atom stereocenters. The smallest absolute Gasteiger partial charge is 0.350 e. The molecule has 1 saturated carbocycles. The maximum Gasteiger partial charge on any atom is 0.350 e. The van der Waals surface area contributed by atoms with Gasteiger partial charge in [0.25, 0.3) is 0 Å². The second-order valence-electron chi connectivity index (χ2n) is 11.6. The molecule has 3 aliphatic rings. The number of halogens is 1. The molecule has 37 heavy (non-hydrogen) atoms. The number of nitrogens with zero attached hydrogens (tertiary/aromatic N) is 3. The molecule has 5 rings (SSSR count). The number of nitrogens with one attached hydrogen (secondary N) is 1. The second-order valence-corrected chi connectivity index (χ2v) is 11.6. The Labute approximate surface area is 219 Å². The van der Waals surface area contributed by atoms with E-state index in [1.807, 2.05) is 32.0 Å².